The molecule has 1 spiro atoms. The molecule has 4 heteroatoms. The van der Waals surface area contributed by atoms with Crippen LogP contribution in [0.3, 0.4) is 0 Å². The van der Waals surface area contributed by atoms with E-state index >= 15 is 0 Å². The van der Waals surface area contributed by atoms with Gasteiger partial charge in [0.1, 0.15) is 0 Å². The second-order valence-electron chi connectivity index (χ2n) is 4.83. The largest absolute Gasteiger partial charge is 0.395 e. The topological polar surface area (TPSA) is 32.7 Å². The number of likely N-dealkylation sites (N-methyl/N-ethyl adjacent to an activating group) is 1. The normalized spacial score (nSPS) is 35.1. The van der Waals surface area contributed by atoms with Gasteiger partial charge < -0.3 is 9.84 Å². The maximum absolute atomic E-state index is 9.08. The molecule has 3 nitrogen and oxygen atoms in total. The SMILES string of the molecule is CCN(CCO)C1CCOC2(CCSC2)C1. The minimum Gasteiger partial charge on any atom is -0.395 e. The molecule has 94 valence electrons. The van der Waals surface area contributed by atoms with Gasteiger partial charge in [-0.25, -0.2) is 0 Å². The molecule has 2 atom stereocenters. The van der Waals surface area contributed by atoms with Crippen molar-refractivity contribution in [3.05, 3.63) is 0 Å². The summed E-state index contributed by atoms with van der Waals surface area (Å²) < 4.78 is 6.02. The second kappa shape index (κ2) is 5.71. The molecule has 2 aliphatic heterocycles. The first-order chi connectivity index (χ1) is 7.79. The average Bonchev–Trinajstić information content (AvgIpc) is 2.74. The quantitative estimate of drug-likeness (QED) is 0.810. The highest BCUT2D eigenvalue weighted by Gasteiger charge is 2.41. The van der Waals surface area contributed by atoms with Crippen LogP contribution >= 0.6 is 11.8 Å². The van der Waals surface area contributed by atoms with Gasteiger partial charge in [-0.1, -0.05) is 6.92 Å². The van der Waals surface area contributed by atoms with Gasteiger partial charge in [-0.05, 0) is 31.6 Å². The Balaban J connectivity index is 1.94. The highest BCUT2D eigenvalue weighted by molar-refractivity contribution is 7.99. The van der Waals surface area contributed by atoms with Crippen molar-refractivity contribution < 1.29 is 9.84 Å². The second-order valence-corrected chi connectivity index (χ2v) is 5.94. The predicted octanol–water partition coefficient (Wildman–Crippen LogP) is 1.36. The highest BCUT2D eigenvalue weighted by Crippen LogP contribution is 2.39. The van der Waals surface area contributed by atoms with Crippen LogP contribution in [0, 0.1) is 0 Å². The van der Waals surface area contributed by atoms with Crippen LogP contribution in [-0.2, 0) is 4.74 Å². The Morgan fingerprint density at radius 2 is 2.44 bits per heavy atom. The predicted molar refractivity (Wildman–Crippen MR) is 68.0 cm³/mol. The summed E-state index contributed by atoms with van der Waals surface area (Å²) in [6.07, 6.45) is 3.50. The fourth-order valence-corrected chi connectivity index (χ4v) is 4.28. The standard InChI is InChI=1S/C12H23NO2S/c1-2-13(5-6-14)11-3-7-15-12(9-11)4-8-16-10-12/h11,14H,2-10H2,1H3. The van der Waals surface area contributed by atoms with Crippen molar-refractivity contribution in [1.82, 2.24) is 4.90 Å². The summed E-state index contributed by atoms with van der Waals surface area (Å²) in [6, 6.07) is 0.615. The summed E-state index contributed by atoms with van der Waals surface area (Å²) in [4.78, 5) is 2.41. The maximum atomic E-state index is 9.08. The first kappa shape index (κ1) is 12.7. The lowest BCUT2D eigenvalue weighted by molar-refractivity contribution is -0.0901. The molecule has 2 heterocycles. The number of hydrogen-bond donors (Lipinski definition) is 1. The van der Waals surface area contributed by atoms with Crippen molar-refractivity contribution in [3.63, 3.8) is 0 Å². The lowest BCUT2D eigenvalue weighted by Crippen LogP contribution is -2.49. The van der Waals surface area contributed by atoms with Crippen LogP contribution in [0.5, 0.6) is 0 Å². The van der Waals surface area contributed by atoms with E-state index in [1.807, 2.05) is 11.8 Å². The third kappa shape index (κ3) is 2.73. The Morgan fingerprint density at radius 3 is 3.06 bits per heavy atom. The van der Waals surface area contributed by atoms with Gasteiger partial charge in [0, 0.05) is 24.9 Å². The summed E-state index contributed by atoms with van der Waals surface area (Å²) in [5.74, 6) is 2.42. The molecular formula is C12H23NO2S. The maximum Gasteiger partial charge on any atom is 0.0795 e. The number of ether oxygens (including phenoxy) is 1. The molecule has 16 heavy (non-hydrogen) atoms. The third-order valence-corrected chi connectivity index (χ3v) is 5.07. The van der Waals surface area contributed by atoms with Gasteiger partial charge in [-0.2, -0.15) is 11.8 Å². The molecule has 0 saturated carbocycles. The molecule has 0 aromatic carbocycles. The Hall–Kier alpha value is 0.230. The summed E-state index contributed by atoms with van der Waals surface area (Å²) in [7, 11) is 0. The van der Waals surface area contributed by atoms with E-state index in [-0.39, 0.29) is 12.2 Å². The molecule has 1 N–H and O–H groups in total. The molecule has 0 aliphatic carbocycles. The molecule has 0 aromatic rings. The van der Waals surface area contributed by atoms with Crippen LogP contribution in [0.1, 0.15) is 26.2 Å². The first-order valence-electron chi connectivity index (χ1n) is 6.36. The Bertz CT molecular complexity index is 219. The number of nitrogens with zero attached hydrogens (tertiary/aromatic N) is 1. The monoisotopic (exact) mass is 245 g/mol. The smallest absolute Gasteiger partial charge is 0.0795 e. The van der Waals surface area contributed by atoms with E-state index in [9.17, 15) is 0 Å². The fourth-order valence-electron chi connectivity index (χ4n) is 2.90. The lowest BCUT2D eigenvalue weighted by Gasteiger charge is -2.42. The summed E-state index contributed by atoms with van der Waals surface area (Å²) in [5.41, 5.74) is 0.163. The van der Waals surface area contributed by atoms with Crippen molar-refractivity contribution in [2.75, 3.05) is 37.8 Å². The summed E-state index contributed by atoms with van der Waals surface area (Å²) in [6.45, 7) is 5.19. The van der Waals surface area contributed by atoms with Crippen molar-refractivity contribution in [1.29, 1.82) is 0 Å². The first-order valence-corrected chi connectivity index (χ1v) is 7.52. The van der Waals surface area contributed by atoms with Crippen LogP contribution in [0.25, 0.3) is 0 Å². The molecule has 2 saturated heterocycles. The van der Waals surface area contributed by atoms with Crippen LogP contribution in [0.4, 0.5) is 0 Å². The molecule has 2 aliphatic rings. The Morgan fingerprint density at radius 1 is 1.56 bits per heavy atom. The zero-order valence-electron chi connectivity index (χ0n) is 10.2. The Kier molecular flexibility index (Phi) is 4.53. The van der Waals surface area contributed by atoms with E-state index in [1.165, 1.54) is 17.9 Å². The lowest BCUT2D eigenvalue weighted by atomic mass is 9.89. The summed E-state index contributed by atoms with van der Waals surface area (Å²) in [5, 5.41) is 9.08. The third-order valence-electron chi connectivity index (χ3n) is 3.84. The van der Waals surface area contributed by atoms with Gasteiger partial charge in [0.15, 0.2) is 0 Å². The van der Waals surface area contributed by atoms with Crippen LogP contribution in [0.2, 0.25) is 0 Å². The van der Waals surface area contributed by atoms with Gasteiger partial charge >= 0.3 is 0 Å². The fraction of sp³-hybridized carbons (Fsp3) is 1.00. The molecule has 0 radical (unpaired) electrons. The molecule has 2 unspecified atom stereocenters. The number of aliphatic hydroxyl groups is 1. The number of hydrogen-bond acceptors (Lipinski definition) is 4. The number of aliphatic hydroxyl groups excluding tert-OH is 1. The minimum absolute atomic E-state index is 0.163. The van der Waals surface area contributed by atoms with E-state index in [0.29, 0.717) is 6.04 Å². The van der Waals surface area contributed by atoms with Gasteiger partial charge in [-0.15, -0.1) is 0 Å². The van der Waals surface area contributed by atoms with Crippen molar-refractivity contribution in [2.24, 2.45) is 0 Å². The van der Waals surface area contributed by atoms with Gasteiger partial charge in [-0.3, -0.25) is 4.90 Å². The van der Waals surface area contributed by atoms with Crippen LogP contribution < -0.4 is 0 Å². The molecule has 0 amide bonds. The average molecular weight is 245 g/mol. The molecule has 2 rings (SSSR count). The number of rotatable bonds is 4. The summed E-state index contributed by atoms with van der Waals surface area (Å²) >= 11 is 2.02. The molecule has 0 aromatic heterocycles. The van der Waals surface area contributed by atoms with E-state index in [2.05, 4.69) is 11.8 Å². The van der Waals surface area contributed by atoms with E-state index in [1.54, 1.807) is 0 Å². The zero-order chi connectivity index (χ0) is 11.4. The Labute approximate surface area is 103 Å². The minimum atomic E-state index is 0.163. The van der Waals surface area contributed by atoms with Gasteiger partial charge in [0.2, 0.25) is 0 Å². The van der Waals surface area contributed by atoms with E-state index in [4.69, 9.17) is 9.84 Å². The molecular weight excluding hydrogens is 222 g/mol. The van der Waals surface area contributed by atoms with E-state index < -0.39 is 0 Å². The van der Waals surface area contributed by atoms with Crippen LogP contribution in [0.15, 0.2) is 0 Å². The zero-order valence-corrected chi connectivity index (χ0v) is 11.0. The van der Waals surface area contributed by atoms with Crippen LogP contribution in [-0.4, -0.2) is 59.5 Å². The van der Waals surface area contributed by atoms with Crippen molar-refractivity contribution in [2.45, 2.75) is 37.8 Å². The van der Waals surface area contributed by atoms with Crippen molar-refractivity contribution >= 4 is 11.8 Å². The number of thioether (sulfide) groups is 1. The molecule has 2 fully saturated rings. The van der Waals surface area contributed by atoms with E-state index in [0.717, 1.165) is 32.5 Å². The van der Waals surface area contributed by atoms with Gasteiger partial charge in [0.05, 0.1) is 12.2 Å². The highest BCUT2D eigenvalue weighted by atomic mass is 32.2. The van der Waals surface area contributed by atoms with Gasteiger partial charge in [0.25, 0.3) is 0 Å². The molecule has 0 bridgehead atoms. The van der Waals surface area contributed by atoms with Crippen molar-refractivity contribution in [3.8, 4) is 0 Å².